The smallest absolute Gasteiger partial charge is 0.263 e. The Morgan fingerprint density at radius 2 is 1.89 bits per heavy atom. The van der Waals surface area contributed by atoms with Crippen molar-refractivity contribution in [2.45, 2.75) is 11.4 Å². The van der Waals surface area contributed by atoms with E-state index in [9.17, 15) is 0 Å². The number of nitrogens with zero attached hydrogens (tertiary/aromatic N) is 4. The molecule has 0 aliphatic carbocycles. The largest absolute Gasteiger partial charge is 0.333 e. The highest BCUT2D eigenvalue weighted by molar-refractivity contribution is 7.94. The number of anilines is 1. The predicted molar refractivity (Wildman–Crippen MR) is 152 cm³/mol. The first kappa shape index (κ1) is 24.6. The van der Waals surface area contributed by atoms with Crippen LogP contribution in [0.5, 0.6) is 0 Å². The van der Waals surface area contributed by atoms with Gasteiger partial charge in [0.1, 0.15) is 11.7 Å². The molecule has 2 aromatic heterocycles. The fraction of sp³-hybridized carbons (Fsp3) is 0.103. The van der Waals surface area contributed by atoms with Crippen molar-refractivity contribution in [3.8, 4) is 0 Å². The number of thiazole rings is 1. The molecule has 1 aliphatic heterocycles. The van der Waals surface area contributed by atoms with Crippen molar-refractivity contribution in [3.63, 3.8) is 0 Å². The molecule has 0 radical (unpaired) electrons. The summed E-state index contributed by atoms with van der Waals surface area (Å²) in [6, 6.07) is 25.1. The molecule has 0 amide bonds. The average Bonchev–Trinajstić information content (AvgIpc) is 3.51. The molecule has 0 bridgehead atoms. The van der Waals surface area contributed by atoms with Crippen LogP contribution in [0.1, 0.15) is 22.0 Å². The van der Waals surface area contributed by atoms with Gasteiger partial charge >= 0.3 is 0 Å². The monoisotopic (exact) mass is 541 g/mol. The Hall–Kier alpha value is -3.73. The van der Waals surface area contributed by atoms with Crippen molar-refractivity contribution < 1.29 is 19.2 Å². The Morgan fingerprint density at radius 1 is 1.08 bits per heavy atom. The number of hydrogen-bond acceptors (Lipinski definition) is 7. The lowest BCUT2D eigenvalue weighted by Gasteiger charge is -2.33. The molecular weight excluding hydrogens is 516 g/mol. The zero-order valence-electron chi connectivity index (χ0n) is 20.8. The fourth-order valence-corrected chi connectivity index (χ4v) is 6.23. The van der Waals surface area contributed by atoms with Gasteiger partial charge in [-0.25, -0.2) is 10.2 Å². The SMILES string of the molecule is Cn1ccnc1C1=C/C(=C\c2sc3ccc(SOOO)cc3[n+]2C)c2ccccc2N1Cc1ccccc1. The van der Waals surface area contributed by atoms with E-state index in [-0.39, 0.29) is 0 Å². The van der Waals surface area contributed by atoms with Gasteiger partial charge in [0.2, 0.25) is 5.52 Å². The van der Waals surface area contributed by atoms with Gasteiger partial charge in [0.15, 0.2) is 5.82 Å². The third-order valence-corrected chi connectivity index (χ3v) is 8.34. The van der Waals surface area contributed by atoms with Crippen molar-refractivity contribution in [2.75, 3.05) is 4.90 Å². The summed E-state index contributed by atoms with van der Waals surface area (Å²) in [4.78, 5) is 7.89. The molecule has 6 rings (SSSR count). The second-order valence-corrected chi connectivity index (χ2v) is 10.8. The standard InChI is InChI=1S/C29H24N4O3S2/c1-31-15-14-30-29(31)26-16-21(17-28-32(2)25-18-22(38-36-35-34)12-13-27(25)37-28)23-10-6-7-11-24(23)33(26)19-20-8-4-3-5-9-20/h3-18H,19H2,1-2H3/p+1. The van der Waals surface area contributed by atoms with Gasteiger partial charge in [-0.3, -0.25) is 0 Å². The van der Waals surface area contributed by atoms with Gasteiger partial charge in [0.25, 0.3) is 5.01 Å². The molecule has 7 nitrogen and oxygen atoms in total. The van der Waals surface area contributed by atoms with Crippen LogP contribution in [-0.2, 0) is 30.0 Å². The summed E-state index contributed by atoms with van der Waals surface area (Å²) in [7, 11) is 4.09. The van der Waals surface area contributed by atoms with Gasteiger partial charge < -0.3 is 9.47 Å². The van der Waals surface area contributed by atoms with E-state index in [1.807, 2.05) is 37.6 Å². The number of hydrogen-bond donors (Lipinski definition) is 1. The Balaban J connectivity index is 1.49. The van der Waals surface area contributed by atoms with Crippen molar-refractivity contribution in [2.24, 2.45) is 14.1 Å². The van der Waals surface area contributed by atoms with Crippen LogP contribution in [0.4, 0.5) is 5.69 Å². The highest BCUT2D eigenvalue weighted by Gasteiger charge is 2.27. The first-order valence-electron chi connectivity index (χ1n) is 12.0. The van der Waals surface area contributed by atoms with Gasteiger partial charge in [0, 0.05) is 54.3 Å². The van der Waals surface area contributed by atoms with Gasteiger partial charge in [-0.15, -0.1) is 4.33 Å². The number of allylic oxidation sites excluding steroid dienone is 2. The van der Waals surface area contributed by atoms with Crippen LogP contribution >= 0.6 is 23.4 Å². The average molecular weight is 542 g/mol. The van der Waals surface area contributed by atoms with Crippen LogP contribution in [0, 0.1) is 0 Å². The van der Waals surface area contributed by atoms with Gasteiger partial charge in [-0.1, -0.05) is 64.9 Å². The van der Waals surface area contributed by atoms with E-state index < -0.39 is 0 Å². The highest BCUT2D eigenvalue weighted by Crippen LogP contribution is 2.41. The van der Waals surface area contributed by atoms with E-state index in [2.05, 4.69) is 97.2 Å². The number of fused-ring (bicyclic) bond motifs is 2. The van der Waals surface area contributed by atoms with Crippen LogP contribution in [0.3, 0.4) is 0 Å². The Kier molecular flexibility index (Phi) is 6.84. The van der Waals surface area contributed by atoms with Gasteiger partial charge in [0.05, 0.1) is 17.7 Å². The van der Waals surface area contributed by atoms with E-state index >= 15 is 0 Å². The molecule has 9 heteroatoms. The molecule has 3 heterocycles. The normalized spacial score (nSPS) is 14.2. The summed E-state index contributed by atoms with van der Waals surface area (Å²) in [5, 5.41) is 13.4. The highest BCUT2D eigenvalue weighted by atomic mass is 32.2. The first-order valence-corrected chi connectivity index (χ1v) is 13.6. The lowest BCUT2D eigenvalue weighted by molar-refractivity contribution is -0.642. The third-order valence-electron chi connectivity index (χ3n) is 6.60. The van der Waals surface area contributed by atoms with Crippen LogP contribution < -0.4 is 9.47 Å². The number of benzene rings is 3. The second kappa shape index (κ2) is 10.6. The van der Waals surface area contributed by atoms with Crippen LogP contribution in [-0.4, -0.2) is 14.8 Å². The minimum absolute atomic E-state index is 0.737. The number of aromatic nitrogens is 3. The van der Waals surface area contributed by atoms with Crippen LogP contribution in [0.15, 0.2) is 96.2 Å². The quantitative estimate of drug-likeness (QED) is 0.110. The van der Waals surface area contributed by atoms with Crippen LogP contribution in [0.25, 0.3) is 27.6 Å². The van der Waals surface area contributed by atoms with Crippen molar-refractivity contribution in [1.82, 2.24) is 9.55 Å². The predicted octanol–water partition coefficient (Wildman–Crippen LogP) is 6.49. The Morgan fingerprint density at radius 3 is 2.68 bits per heavy atom. The van der Waals surface area contributed by atoms with E-state index in [0.29, 0.717) is 0 Å². The molecular formula is C29H25N4O3S2+. The van der Waals surface area contributed by atoms with E-state index in [4.69, 9.17) is 10.2 Å². The topological polar surface area (TPSA) is 63.6 Å². The molecule has 38 heavy (non-hydrogen) atoms. The molecule has 0 unspecified atom stereocenters. The fourth-order valence-electron chi connectivity index (χ4n) is 4.75. The second-order valence-electron chi connectivity index (χ2n) is 8.93. The van der Waals surface area contributed by atoms with E-state index in [1.165, 1.54) is 11.1 Å². The van der Waals surface area contributed by atoms with Crippen molar-refractivity contribution in [1.29, 1.82) is 0 Å². The molecule has 3 aromatic carbocycles. The summed E-state index contributed by atoms with van der Waals surface area (Å²) < 4.78 is 10.0. The molecule has 0 spiro atoms. The number of rotatable bonds is 7. The minimum Gasteiger partial charge on any atom is -0.333 e. The van der Waals surface area contributed by atoms with Gasteiger partial charge in [-0.05, 0) is 35.4 Å². The third kappa shape index (κ3) is 4.66. The zero-order valence-corrected chi connectivity index (χ0v) is 22.4. The van der Waals surface area contributed by atoms with Crippen LogP contribution in [0.2, 0.25) is 0 Å². The molecule has 0 saturated heterocycles. The number of imidazole rings is 1. The molecule has 190 valence electrons. The number of aryl methyl sites for hydroxylation is 2. The Labute approximate surface area is 228 Å². The molecule has 1 aliphatic rings. The minimum atomic E-state index is 0.737. The van der Waals surface area contributed by atoms with Crippen molar-refractivity contribution in [3.05, 3.63) is 113 Å². The van der Waals surface area contributed by atoms with E-state index in [1.54, 1.807) is 11.3 Å². The molecule has 0 fully saturated rings. The summed E-state index contributed by atoms with van der Waals surface area (Å²) in [6.45, 7) is 0.737. The Bertz CT molecular complexity index is 1670. The first-order chi connectivity index (χ1) is 18.6. The summed E-state index contributed by atoms with van der Waals surface area (Å²) in [6.07, 6.45) is 8.31. The van der Waals surface area contributed by atoms with E-state index in [0.717, 1.165) is 61.5 Å². The molecule has 0 saturated carbocycles. The maximum Gasteiger partial charge on any atom is 0.263 e. The maximum atomic E-state index is 8.50. The lowest BCUT2D eigenvalue weighted by Crippen LogP contribution is -2.29. The maximum absolute atomic E-state index is 8.50. The zero-order chi connectivity index (χ0) is 26.1. The molecule has 1 N–H and O–H groups in total. The summed E-state index contributed by atoms with van der Waals surface area (Å²) >= 11 is 2.68. The van der Waals surface area contributed by atoms with Gasteiger partial charge in [-0.2, -0.15) is 4.57 Å². The molecule has 5 aromatic rings. The lowest BCUT2D eigenvalue weighted by atomic mass is 9.96. The summed E-state index contributed by atoms with van der Waals surface area (Å²) in [5.41, 5.74) is 6.79. The molecule has 0 atom stereocenters. The number of para-hydroxylation sites is 1. The van der Waals surface area contributed by atoms with Crippen molar-refractivity contribution >= 4 is 56.6 Å². The summed E-state index contributed by atoms with van der Waals surface area (Å²) in [5.74, 6) is 0.912.